The number of amides is 2. The lowest BCUT2D eigenvalue weighted by molar-refractivity contribution is -0.144. The topological polar surface area (TPSA) is 105 Å². The molecule has 8 heteroatoms. The number of benzene rings is 2. The predicted octanol–water partition coefficient (Wildman–Crippen LogP) is 2.62. The van der Waals surface area contributed by atoms with E-state index < -0.39 is 23.5 Å². The maximum atomic E-state index is 13.1. The van der Waals surface area contributed by atoms with Gasteiger partial charge in [0.05, 0.1) is 19.1 Å². The number of hydrogen-bond donors (Lipinski definition) is 2. The third-order valence-corrected chi connectivity index (χ3v) is 6.75. The molecule has 33 heavy (non-hydrogen) atoms. The first kappa shape index (κ1) is 21.5. The summed E-state index contributed by atoms with van der Waals surface area (Å²) >= 11 is 0. The average molecular weight is 450 g/mol. The molecule has 1 saturated carbocycles. The number of rotatable bonds is 5. The van der Waals surface area contributed by atoms with Gasteiger partial charge in [-0.25, -0.2) is 4.79 Å². The van der Waals surface area contributed by atoms with Gasteiger partial charge in [0, 0.05) is 19.0 Å². The zero-order valence-electron chi connectivity index (χ0n) is 18.2. The standard InChI is InChI=1S/C25H26N2O6/c28-22(29)16-13-27(11-12-32-14-16)23(30)25(9-10-25)26-24(31)33-15-21-19-7-3-1-5-17(19)18-6-2-4-8-20(18)21/h1-8,16,21H,9-15H2,(H,26,31)(H,28,29). The van der Waals surface area contributed by atoms with E-state index in [1.807, 2.05) is 36.4 Å². The molecule has 2 aromatic rings. The monoisotopic (exact) mass is 450 g/mol. The summed E-state index contributed by atoms with van der Waals surface area (Å²) in [6.45, 7) is 0.893. The number of alkyl carbamates (subject to hydrolysis) is 1. The van der Waals surface area contributed by atoms with Crippen molar-refractivity contribution in [2.24, 2.45) is 5.92 Å². The fourth-order valence-electron chi connectivity index (χ4n) is 4.79. The van der Waals surface area contributed by atoms with E-state index in [1.165, 1.54) is 4.90 Å². The molecule has 5 rings (SSSR count). The molecule has 3 aliphatic rings. The predicted molar refractivity (Wildman–Crippen MR) is 119 cm³/mol. The van der Waals surface area contributed by atoms with Gasteiger partial charge in [-0.15, -0.1) is 0 Å². The van der Waals surface area contributed by atoms with Gasteiger partial charge >= 0.3 is 12.1 Å². The Bertz CT molecular complexity index is 1050. The van der Waals surface area contributed by atoms with Crippen molar-refractivity contribution in [1.82, 2.24) is 10.2 Å². The molecular weight excluding hydrogens is 424 g/mol. The van der Waals surface area contributed by atoms with Crippen LogP contribution >= 0.6 is 0 Å². The van der Waals surface area contributed by atoms with Gasteiger partial charge in [0.15, 0.2) is 0 Å². The van der Waals surface area contributed by atoms with E-state index in [2.05, 4.69) is 17.4 Å². The molecule has 2 N–H and O–H groups in total. The van der Waals surface area contributed by atoms with Gasteiger partial charge in [-0.2, -0.15) is 0 Å². The third kappa shape index (κ3) is 4.06. The summed E-state index contributed by atoms with van der Waals surface area (Å²) in [7, 11) is 0. The summed E-state index contributed by atoms with van der Waals surface area (Å²) in [6.07, 6.45) is 0.375. The lowest BCUT2D eigenvalue weighted by atomic mass is 9.98. The lowest BCUT2D eigenvalue weighted by Crippen LogP contribution is -2.52. The number of ether oxygens (including phenoxy) is 2. The zero-order chi connectivity index (χ0) is 23.0. The van der Waals surface area contributed by atoms with Crippen molar-refractivity contribution in [2.75, 3.05) is 32.9 Å². The van der Waals surface area contributed by atoms with E-state index >= 15 is 0 Å². The van der Waals surface area contributed by atoms with Crippen LogP contribution in [0.25, 0.3) is 11.1 Å². The van der Waals surface area contributed by atoms with Crippen molar-refractivity contribution in [3.8, 4) is 11.1 Å². The van der Waals surface area contributed by atoms with Gasteiger partial charge in [0.25, 0.3) is 0 Å². The SMILES string of the molecule is O=C(NC1(C(=O)N2CCOCC(C(=O)O)C2)CC1)OCC1c2ccccc2-c2ccccc21. The van der Waals surface area contributed by atoms with E-state index in [0.717, 1.165) is 22.3 Å². The molecule has 2 fully saturated rings. The first-order chi connectivity index (χ1) is 16.0. The number of hydrogen-bond acceptors (Lipinski definition) is 5. The molecule has 1 saturated heterocycles. The van der Waals surface area contributed by atoms with Crippen molar-refractivity contribution in [2.45, 2.75) is 24.3 Å². The minimum absolute atomic E-state index is 0.0620. The fraction of sp³-hybridized carbons (Fsp3) is 0.400. The first-order valence-electron chi connectivity index (χ1n) is 11.2. The molecule has 2 aliphatic carbocycles. The van der Waals surface area contributed by atoms with Crippen LogP contribution in [-0.4, -0.2) is 66.4 Å². The minimum Gasteiger partial charge on any atom is -0.481 e. The Morgan fingerprint density at radius 3 is 2.30 bits per heavy atom. The molecule has 0 bridgehead atoms. The number of aliphatic carboxylic acids is 1. The van der Waals surface area contributed by atoms with Gasteiger partial charge in [0.1, 0.15) is 12.1 Å². The summed E-state index contributed by atoms with van der Waals surface area (Å²) < 4.78 is 10.9. The van der Waals surface area contributed by atoms with Crippen molar-refractivity contribution in [3.63, 3.8) is 0 Å². The van der Waals surface area contributed by atoms with Crippen LogP contribution in [0.3, 0.4) is 0 Å². The number of fused-ring (bicyclic) bond motifs is 3. The van der Waals surface area contributed by atoms with Gasteiger partial charge in [0.2, 0.25) is 5.91 Å². The summed E-state index contributed by atoms with van der Waals surface area (Å²) in [5, 5.41) is 12.1. The van der Waals surface area contributed by atoms with Crippen LogP contribution in [0.5, 0.6) is 0 Å². The molecule has 1 aliphatic heterocycles. The first-order valence-corrected chi connectivity index (χ1v) is 11.2. The van der Waals surface area contributed by atoms with Crippen molar-refractivity contribution in [3.05, 3.63) is 59.7 Å². The number of nitrogens with zero attached hydrogens (tertiary/aromatic N) is 1. The molecule has 172 valence electrons. The molecular formula is C25H26N2O6. The highest BCUT2D eigenvalue weighted by atomic mass is 16.5. The smallest absolute Gasteiger partial charge is 0.408 e. The molecule has 2 aromatic carbocycles. The molecule has 8 nitrogen and oxygen atoms in total. The second kappa shape index (κ2) is 8.51. The van der Waals surface area contributed by atoms with Crippen LogP contribution in [-0.2, 0) is 19.1 Å². The molecule has 0 radical (unpaired) electrons. The van der Waals surface area contributed by atoms with Crippen LogP contribution in [0.15, 0.2) is 48.5 Å². The quantitative estimate of drug-likeness (QED) is 0.726. The second-order valence-corrected chi connectivity index (χ2v) is 8.89. The Kier molecular flexibility index (Phi) is 5.54. The number of carboxylic acid groups (broad SMARTS) is 1. The van der Waals surface area contributed by atoms with E-state index in [-0.39, 0.29) is 38.2 Å². The Morgan fingerprint density at radius 1 is 1.06 bits per heavy atom. The van der Waals surface area contributed by atoms with Crippen LogP contribution in [0.4, 0.5) is 4.79 Å². The highest BCUT2D eigenvalue weighted by Crippen LogP contribution is 2.44. The van der Waals surface area contributed by atoms with Gasteiger partial charge in [-0.1, -0.05) is 48.5 Å². The minimum atomic E-state index is -1.02. The fourth-order valence-corrected chi connectivity index (χ4v) is 4.79. The summed E-state index contributed by atoms with van der Waals surface area (Å²) in [4.78, 5) is 38.7. The third-order valence-electron chi connectivity index (χ3n) is 6.75. The highest BCUT2D eigenvalue weighted by Gasteiger charge is 2.54. The second-order valence-electron chi connectivity index (χ2n) is 8.89. The van der Waals surface area contributed by atoms with Crippen molar-refractivity contribution >= 4 is 18.0 Å². The maximum absolute atomic E-state index is 13.1. The van der Waals surface area contributed by atoms with Gasteiger partial charge in [-0.05, 0) is 35.1 Å². The molecule has 1 heterocycles. The van der Waals surface area contributed by atoms with Crippen molar-refractivity contribution < 1.29 is 29.0 Å². The zero-order valence-corrected chi connectivity index (χ0v) is 18.2. The molecule has 0 aromatic heterocycles. The Labute approximate surface area is 191 Å². The average Bonchev–Trinajstić information content (AvgIpc) is 3.58. The lowest BCUT2D eigenvalue weighted by Gasteiger charge is -2.27. The number of carbonyl (C=O) groups excluding carboxylic acids is 2. The Morgan fingerprint density at radius 2 is 1.70 bits per heavy atom. The highest BCUT2D eigenvalue weighted by molar-refractivity contribution is 5.93. The number of carbonyl (C=O) groups is 3. The van der Waals surface area contributed by atoms with Crippen molar-refractivity contribution in [1.29, 1.82) is 0 Å². The van der Waals surface area contributed by atoms with Crippen LogP contribution < -0.4 is 5.32 Å². The molecule has 1 atom stereocenters. The summed E-state index contributed by atoms with van der Waals surface area (Å²) in [5.74, 6) is -2.11. The molecule has 2 amide bonds. The largest absolute Gasteiger partial charge is 0.481 e. The number of nitrogens with one attached hydrogen (secondary N) is 1. The van der Waals surface area contributed by atoms with Gasteiger partial charge < -0.3 is 24.8 Å². The normalized spacial score (nSPS) is 20.8. The molecule has 1 unspecified atom stereocenters. The van der Waals surface area contributed by atoms with Crippen LogP contribution in [0, 0.1) is 5.92 Å². The summed E-state index contributed by atoms with van der Waals surface area (Å²) in [6, 6.07) is 16.2. The van der Waals surface area contributed by atoms with Crippen LogP contribution in [0.1, 0.15) is 29.9 Å². The Balaban J connectivity index is 1.24. The van der Waals surface area contributed by atoms with E-state index in [4.69, 9.17) is 9.47 Å². The van der Waals surface area contributed by atoms with Crippen LogP contribution in [0.2, 0.25) is 0 Å². The summed E-state index contributed by atoms with van der Waals surface area (Å²) in [5.41, 5.74) is 3.51. The van der Waals surface area contributed by atoms with E-state index in [0.29, 0.717) is 19.4 Å². The Hall–Kier alpha value is -3.39. The van der Waals surface area contributed by atoms with E-state index in [9.17, 15) is 19.5 Å². The van der Waals surface area contributed by atoms with Gasteiger partial charge in [-0.3, -0.25) is 9.59 Å². The van der Waals surface area contributed by atoms with E-state index in [1.54, 1.807) is 0 Å². The number of carboxylic acids is 1. The maximum Gasteiger partial charge on any atom is 0.408 e. The molecule has 0 spiro atoms.